The molecule has 1 amide bonds. The Labute approximate surface area is 158 Å². The van der Waals surface area contributed by atoms with Crippen molar-refractivity contribution < 1.29 is 4.79 Å². The largest absolute Gasteiger partial charge is 0.296 e. The van der Waals surface area contributed by atoms with Gasteiger partial charge in [-0.1, -0.05) is 40.3 Å². The van der Waals surface area contributed by atoms with Gasteiger partial charge < -0.3 is 0 Å². The Balaban J connectivity index is 1.62. The van der Waals surface area contributed by atoms with E-state index in [-0.39, 0.29) is 11.6 Å². The summed E-state index contributed by atoms with van der Waals surface area (Å²) in [6.07, 6.45) is 0. The Morgan fingerprint density at radius 3 is 2.85 bits per heavy atom. The van der Waals surface area contributed by atoms with E-state index in [0.29, 0.717) is 15.8 Å². The van der Waals surface area contributed by atoms with Crippen molar-refractivity contribution in [3.05, 3.63) is 64.4 Å². The molecule has 2 heterocycles. The van der Waals surface area contributed by atoms with Crippen molar-refractivity contribution in [1.82, 2.24) is 20.0 Å². The second-order valence-corrected chi connectivity index (χ2v) is 7.33. The van der Waals surface area contributed by atoms with Crippen LogP contribution in [-0.2, 0) is 0 Å². The number of anilines is 1. The van der Waals surface area contributed by atoms with Gasteiger partial charge in [0.1, 0.15) is 0 Å². The Kier molecular flexibility index (Phi) is 4.18. The summed E-state index contributed by atoms with van der Waals surface area (Å²) in [7, 11) is 0. The van der Waals surface area contributed by atoms with E-state index in [4.69, 9.17) is 11.6 Å². The zero-order valence-electron chi connectivity index (χ0n) is 14.0. The normalized spacial score (nSPS) is 11.0. The molecular weight excluding hydrogens is 370 g/mol. The molecule has 130 valence electrons. The summed E-state index contributed by atoms with van der Waals surface area (Å²) in [6.45, 7) is 3.81. The minimum Gasteiger partial charge on any atom is -0.296 e. The fourth-order valence-electron chi connectivity index (χ4n) is 2.63. The van der Waals surface area contributed by atoms with Crippen LogP contribution in [0.25, 0.3) is 15.9 Å². The van der Waals surface area contributed by atoms with Gasteiger partial charge in [-0.05, 0) is 49.7 Å². The molecule has 4 aromatic rings. The van der Waals surface area contributed by atoms with Crippen LogP contribution in [0.15, 0.2) is 42.5 Å². The standard InChI is InChI=1S/C18H14ClN5OS/c1-10-6-7-14-15(8-10)26-18(20-14)21-17(25)16-11(2)24(23-22-16)13-5-3-4-12(19)9-13/h3-9H,1-2H3,(H,20,21,25). The van der Waals surface area contributed by atoms with Crippen LogP contribution in [-0.4, -0.2) is 25.9 Å². The SMILES string of the molecule is Cc1ccc2nc(NC(=O)c3nnn(-c4cccc(Cl)c4)c3C)sc2c1. The Hall–Kier alpha value is -2.77. The van der Waals surface area contributed by atoms with E-state index in [1.165, 1.54) is 11.3 Å². The predicted octanol–water partition coefficient (Wildman–Crippen LogP) is 4.40. The van der Waals surface area contributed by atoms with Gasteiger partial charge in [-0.25, -0.2) is 9.67 Å². The third-order valence-electron chi connectivity index (χ3n) is 3.93. The Morgan fingerprint density at radius 2 is 2.04 bits per heavy atom. The number of rotatable bonds is 3. The van der Waals surface area contributed by atoms with Gasteiger partial charge in [-0.2, -0.15) is 0 Å². The molecule has 0 fully saturated rings. The number of aryl methyl sites for hydroxylation is 1. The molecule has 0 saturated heterocycles. The number of halogens is 1. The predicted molar refractivity (Wildman–Crippen MR) is 103 cm³/mol. The molecule has 0 unspecified atom stereocenters. The molecule has 2 aromatic carbocycles. The van der Waals surface area contributed by atoms with Gasteiger partial charge in [0.2, 0.25) is 0 Å². The molecule has 0 aliphatic heterocycles. The van der Waals surface area contributed by atoms with Crippen molar-refractivity contribution in [1.29, 1.82) is 0 Å². The number of aromatic nitrogens is 4. The van der Waals surface area contributed by atoms with E-state index >= 15 is 0 Å². The van der Waals surface area contributed by atoms with Crippen LogP contribution in [0.3, 0.4) is 0 Å². The van der Waals surface area contributed by atoms with Gasteiger partial charge in [-0.15, -0.1) is 5.10 Å². The summed E-state index contributed by atoms with van der Waals surface area (Å²) in [6, 6.07) is 13.2. The molecule has 6 nitrogen and oxygen atoms in total. The topological polar surface area (TPSA) is 72.7 Å². The van der Waals surface area contributed by atoms with Gasteiger partial charge in [0.25, 0.3) is 5.91 Å². The third kappa shape index (κ3) is 3.07. The number of nitrogens with zero attached hydrogens (tertiary/aromatic N) is 4. The van der Waals surface area contributed by atoms with E-state index in [1.54, 1.807) is 23.7 Å². The minimum absolute atomic E-state index is 0.250. The molecule has 0 aliphatic carbocycles. The van der Waals surface area contributed by atoms with Crippen LogP contribution in [0.4, 0.5) is 5.13 Å². The first-order chi connectivity index (χ1) is 12.5. The van der Waals surface area contributed by atoms with E-state index in [9.17, 15) is 4.79 Å². The van der Waals surface area contributed by atoms with Gasteiger partial charge >= 0.3 is 0 Å². The molecule has 0 spiro atoms. The first kappa shape index (κ1) is 16.7. The quantitative estimate of drug-likeness (QED) is 0.569. The minimum atomic E-state index is -0.341. The fraction of sp³-hybridized carbons (Fsp3) is 0.111. The van der Waals surface area contributed by atoms with Crippen LogP contribution in [0.2, 0.25) is 5.02 Å². The van der Waals surface area contributed by atoms with Crippen molar-refractivity contribution >= 4 is 44.2 Å². The van der Waals surface area contributed by atoms with E-state index in [1.807, 2.05) is 37.3 Å². The van der Waals surface area contributed by atoms with Crippen molar-refractivity contribution in [2.45, 2.75) is 13.8 Å². The number of benzene rings is 2. The summed E-state index contributed by atoms with van der Waals surface area (Å²) in [5, 5.41) is 12.0. The van der Waals surface area contributed by atoms with Gasteiger partial charge in [0.05, 0.1) is 21.6 Å². The van der Waals surface area contributed by atoms with Crippen molar-refractivity contribution in [2.75, 3.05) is 5.32 Å². The lowest BCUT2D eigenvalue weighted by molar-refractivity contribution is 0.102. The average Bonchev–Trinajstić information content (AvgIpc) is 3.17. The summed E-state index contributed by atoms with van der Waals surface area (Å²) in [4.78, 5) is 17.0. The van der Waals surface area contributed by atoms with Crippen LogP contribution in [0.5, 0.6) is 0 Å². The van der Waals surface area contributed by atoms with Gasteiger partial charge in [-0.3, -0.25) is 10.1 Å². The van der Waals surface area contributed by atoms with Gasteiger partial charge in [0, 0.05) is 5.02 Å². The van der Waals surface area contributed by atoms with Crippen LogP contribution >= 0.6 is 22.9 Å². The number of nitrogens with one attached hydrogen (secondary N) is 1. The molecular formula is C18H14ClN5OS. The smallest absolute Gasteiger partial charge is 0.279 e. The highest BCUT2D eigenvalue weighted by Gasteiger charge is 2.19. The number of carbonyl (C=O) groups is 1. The van der Waals surface area contributed by atoms with Crippen LogP contribution in [0, 0.1) is 13.8 Å². The molecule has 1 N–H and O–H groups in total. The number of carbonyl (C=O) groups excluding carboxylic acids is 1. The second-order valence-electron chi connectivity index (χ2n) is 5.86. The molecule has 0 radical (unpaired) electrons. The molecule has 0 bridgehead atoms. The summed E-state index contributed by atoms with van der Waals surface area (Å²) in [5.74, 6) is -0.341. The van der Waals surface area contributed by atoms with Crippen molar-refractivity contribution in [3.63, 3.8) is 0 Å². The van der Waals surface area contributed by atoms with Crippen molar-refractivity contribution in [3.8, 4) is 5.69 Å². The van der Waals surface area contributed by atoms with Gasteiger partial charge in [0.15, 0.2) is 10.8 Å². The molecule has 8 heteroatoms. The maximum absolute atomic E-state index is 12.6. The molecule has 0 aliphatic rings. The van der Waals surface area contributed by atoms with Crippen molar-refractivity contribution in [2.24, 2.45) is 0 Å². The highest BCUT2D eigenvalue weighted by Crippen LogP contribution is 2.27. The number of hydrogen-bond acceptors (Lipinski definition) is 5. The third-order valence-corrected chi connectivity index (χ3v) is 5.10. The van der Waals surface area contributed by atoms with E-state index in [2.05, 4.69) is 20.6 Å². The molecule has 26 heavy (non-hydrogen) atoms. The highest BCUT2D eigenvalue weighted by atomic mass is 35.5. The zero-order chi connectivity index (χ0) is 18.3. The Morgan fingerprint density at radius 1 is 1.19 bits per heavy atom. The second kappa shape index (κ2) is 6.51. The first-order valence-electron chi connectivity index (χ1n) is 7.88. The number of thiazole rings is 1. The number of amides is 1. The molecule has 2 aromatic heterocycles. The lowest BCUT2D eigenvalue weighted by atomic mass is 10.2. The first-order valence-corrected chi connectivity index (χ1v) is 9.07. The molecule has 0 saturated carbocycles. The molecule has 0 atom stereocenters. The lowest BCUT2D eigenvalue weighted by Gasteiger charge is -2.04. The highest BCUT2D eigenvalue weighted by molar-refractivity contribution is 7.22. The summed E-state index contributed by atoms with van der Waals surface area (Å²) in [5.41, 5.74) is 3.63. The Bertz CT molecular complexity index is 1130. The molecule has 4 rings (SSSR count). The van der Waals surface area contributed by atoms with Crippen LogP contribution in [0.1, 0.15) is 21.7 Å². The monoisotopic (exact) mass is 383 g/mol. The number of fused-ring (bicyclic) bond motifs is 1. The van der Waals surface area contributed by atoms with E-state index in [0.717, 1.165) is 21.5 Å². The lowest BCUT2D eigenvalue weighted by Crippen LogP contribution is -2.14. The summed E-state index contributed by atoms with van der Waals surface area (Å²) >= 11 is 7.46. The maximum Gasteiger partial charge on any atom is 0.279 e. The maximum atomic E-state index is 12.6. The fourth-order valence-corrected chi connectivity index (χ4v) is 3.78. The summed E-state index contributed by atoms with van der Waals surface area (Å²) < 4.78 is 2.61. The zero-order valence-corrected chi connectivity index (χ0v) is 15.6. The average molecular weight is 384 g/mol. The number of hydrogen-bond donors (Lipinski definition) is 1. The van der Waals surface area contributed by atoms with E-state index < -0.39 is 0 Å². The van der Waals surface area contributed by atoms with Crippen LogP contribution < -0.4 is 5.32 Å².